The largest absolute Gasteiger partial charge is 0.351 e. The number of para-hydroxylation sites is 2. The fourth-order valence-electron chi connectivity index (χ4n) is 3.06. The number of hydrogen-bond donors (Lipinski definition) is 2. The van der Waals surface area contributed by atoms with E-state index in [0.717, 1.165) is 35.5 Å². The van der Waals surface area contributed by atoms with Gasteiger partial charge in [0.2, 0.25) is 0 Å². The highest BCUT2D eigenvalue weighted by atomic mass is 16.1. The van der Waals surface area contributed by atoms with Gasteiger partial charge in [-0.15, -0.1) is 0 Å². The van der Waals surface area contributed by atoms with Gasteiger partial charge in [0.05, 0.1) is 11.0 Å². The van der Waals surface area contributed by atoms with Gasteiger partial charge in [0.1, 0.15) is 11.5 Å². The van der Waals surface area contributed by atoms with Gasteiger partial charge in [-0.05, 0) is 44.4 Å². The number of rotatable bonds is 6. The number of carbonyl (C=O) groups is 1. The average Bonchev–Trinajstić information content (AvgIpc) is 3.23. The highest BCUT2D eigenvalue weighted by Crippen LogP contribution is 2.38. The van der Waals surface area contributed by atoms with E-state index < -0.39 is 0 Å². The number of benzene rings is 1. The second-order valence-electron chi connectivity index (χ2n) is 6.39. The molecule has 1 fully saturated rings. The van der Waals surface area contributed by atoms with Crippen LogP contribution in [-0.2, 0) is 6.54 Å². The van der Waals surface area contributed by atoms with Gasteiger partial charge in [-0.2, -0.15) is 5.10 Å². The number of aryl methyl sites for hydroxylation is 2. The zero-order chi connectivity index (χ0) is 16.5. The van der Waals surface area contributed by atoms with Crippen molar-refractivity contribution < 1.29 is 4.79 Å². The van der Waals surface area contributed by atoms with E-state index >= 15 is 0 Å². The Kier molecular flexibility index (Phi) is 3.80. The maximum atomic E-state index is 12.1. The van der Waals surface area contributed by atoms with Gasteiger partial charge in [-0.25, -0.2) is 4.98 Å². The first-order chi connectivity index (χ1) is 11.7. The van der Waals surface area contributed by atoms with E-state index in [1.807, 2.05) is 31.2 Å². The molecule has 6 nitrogen and oxygen atoms in total. The first kappa shape index (κ1) is 14.9. The van der Waals surface area contributed by atoms with Crippen LogP contribution in [0.25, 0.3) is 11.0 Å². The van der Waals surface area contributed by atoms with Gasteiger partial charge in [0, 0.05) is 24.7 Å². The summed E-state index contributed by atoms with van der Waals surface area (Å²) in [6.07, 6.45) is 3.25. The summed E-state index contributed by atoms with van der Waals surface area (Å²) < 4.78 is 2.20. The Morgan fingerprint density at radius 3 is 3.04 bits per heavy atom. The Bertz CT molecular complexity index is 875. The van der Waals surface area contributed by atoms with E-state index in [0.29, 0.717) is 18.2 Å². The van der Waals surface area contributed by atoms with Crippen molar-refractivity contribution in [3.05, 3.63) is 47.5 Å². The van der Waals surface area contributed by atoms with E-state index in [4.69, 9.17) is 0 Å². The Morgan fingerprint density at radius 2 is 2.21 bits per heavy atom. The lowest BCUT2D eigenvalue weighted by molar-refractivity contribution is 0.0948. The fraction of sp³-hybridized carbons (Fsp3) is 0.389. The van der Waals surface area contributed by atoms with Crippen LogP contribution in [0.5, 0.6) is 0 Å². The zero-order valence-electron chi connectivity index (χ0n) is 13.7. The van der Waals surface area contributed by atoms with Crippen LogP contribution < -0.4 is 5.32 Å². The zero-order valence-corrected chi connectivity index (χ0v) is 13.7. The molecule has 0 atom stereocenters. The second kappa shape index (κ2) is 6.11. The molecule has 1 saturated carbocycles. The number of H-pyrrole nitrogens is 1. The molecule has 1 aliphatic rings. The van der Waals surface area contributed by atoms with Gasteiger partial charge in [0.25, 0.3) is 5.91 Å². The maximum absolute atomic E-state index is 12.1. The standard InChI is InChI=1S/C18H21N5O/c1-12-20-14-5-2-3-6-17(14)23(12)10-4-9-19-18(24)16-11-15(21-22-16)13-7-8-13/h2-3,5-6,11,13H,4,7-10H2,1H3,(H,19,24)(H,21,22). The molecule has 1 aromatic carbocycles. The number of nitrogens with zero attached hydrogens (tertiary/aromatic N) is 3. The predicted octanol–water partition coefficient (Wildman–Crippen LogP) is 2.77. The Hall–Kier alpha value is -2.63. The molecular weight excluding hydrogens is 302 g/mol. The van der Waals surface area contributed by atoms with Crippen LogP contribution in [0.15, 0.2) is 30.3 Å². The molecule has 0 aliphatic heterocycles. The quantitative estimate of drug-likeness (QED) is 0.685. The van der Waals surface area contributed by atoms with E-state index in [9.17, 15) is 4.79 Å². The van der Waals surface area contributed by atoms with Crippen molar-refractivity contribution in [2.24, 2.45) is 0 Å². The maximum Gasteiger partial charge on any atom is 0.271 e. The number of nitrogens with one attached hydrogen (secondary N) is 2. The molecule has 1 amide bonds. The minimum Gasteiger partial charge on any atom is -0.351 e. The van der Waals surface area contributed by atoms with E-state index in [1.54, 1.807) is 0 Å². The van der Waals surface area contributed by atoms with Crippen molar-refractivity contribution in [1.82, 2.24) is 25.1 Å². The van der Waals surface area contributed by atoms with Crippen molar-refractivity contribution in [3.63, 3.8) is 0 Å². The molecule has 0 saturated heterocycles. The first-order valence-corrected chi connectivity index (χ1v) is 8.48. The third kappa shape index (κ3) is 2.91. The van der Waals surface area contributed by atoms with E-state index in [2.05, 4.69) is 31.1 Å². The third-order valence-electron chi connectivity index (χ3n) is 4.54. The van der Waals surface area contributed by atoms with Crippen LogP contribution in [0.2, 0.25) is 0 Å². The summed E-state index contributed by atoms with van der Waals surface area (Å²) >= 11 is 0. The highest BCUT2D eigenvalue weighted by molar-refractivity contribution is 5.92. The third-order valence-corrected chi connectivity index (χ3v) is 4.54. The van der Waals surface area contributed by atoms with E-state index in [1.165, 1.54) is 12.8 Å². The van der Waals surface area contributed by atoms with Gasteiger partial charge < -0.3 is 9.88 Å². The van der Waals surface area contributed by atoms with Crippen LogP contribution in [-0.4, -0.2) is 32.2 Å². The minimum atomic E-state index is -0.106. The molecule has 3 aromatic rings. The normalized spacial score (nSPS) is 14.2. The van der Waals surface area contributed by atoms with Crippen molar-refractivity contribution >= 4 is 16.9 Å². The molecular formula is C18H21N5O. The number of amides is 1. The van der Waals surface area contributed by atoms with Gasteiger partial charge in [0.15, 0.2) is 0 Å². The molecule has 2 N–H and O–H groups in total. The van der Waals surface area contributed by atoms with Crippen LogP contribution in [0, 0.1) is 6.92 Å². The van der Waals surface area contributed by atoms with Crippen LogP contribution in [0.1, 0.15) is 47.2 Å². The summed E-state index contributed by atoms with van der Waals surface area (Å²) in [6, 6.07) is 10.0. The SMILES string of the molecule is Cc1nc2ccccc2n1CCCNC(=O)c1cc(C2CC2)[nH]n1. The van der Waals surface area contributed by atoms with Crippen molar-refractivity contribution in [2.45, 2.75) is 38.6 Å². The highest BCUT2D eigenvalue weighted by Gasteiger charge is 2.26. The number of aromatic nitrogens is 4. The number of carbonyl (C=O) groups excluding carboxylic acids is 1. The minimum absolute atomic E-state index is 0.106. The lowest BCUT2D eigenvalue weighted by Crippen LogP contribution is -2.25. The Morgan fingerprint density at radius 1 is 1.38 bits per heavy atom. The number of fused-ring (bicyclic) bond motifs is 1. The topological polar surface area (TPSA) is 75.6 Å². The van der Waals surface area contributed by atoms with Crippen LogP contribution in [0.3, 0.4) is 0 Å². The Balaban J connectivity index is 1.32. The molecule has 0 radical (unpaired) electrons. The number of hydrogen-bond acceptors (Lipinski definition) is 3. The van der Waals surface area contributed by atoms with Gasteiger partial charge in [-0.3, -0.25) is 9.89 Å². The lowest BCUT2D eigenvalue weighted by Gasteiger charge is -2.07. The molecule has 2 aromatic heterocycles. The molecule has 124 valence electrons. The molecule has 0 bridgehead atoms. The molecule has 0 spiro atoms. The summed E-state index contributed by atoms with van der Waals surface area (Å²) in [5.74, 6) is 1.48. The molecule has 1 aliphatic carbocycles. The molecule has 4 rings (SSSR count). The van der Waals surface area contributed by atoms with Crippen molar-refractivity contribution in [2.75, 3.05) is 6.54 Å². The summed E-state index contributed by atoms with van der Waals surface area (Å²) in [4.78, 5) is 16.7. The number of imidazole rings is 1. The Labute approximate surface area is 140 Å². The molecule has 0 unspecified atom stereocenters. The summed E-state index contributed by atoms with van der Waals surface area (Å²) in [7, 11) is 0. The monoisotopic (exact) mass is 323 g/mol. The van der Waals surface area contributed by atoms with Gasteiger partial charge in [-0.1, -0.05) is 12.1 Å². The van der Waals surface area contributed by atoms with Gasteiger partial charge >= 0.3 is 0 Å². The summed E-state index contributed by atoms with van der Waals surface area (Å²) in [5, 5.41) is 10.0. The second-order valence-corrected chi connectivity index (χ2v) is 6.39. The molecule has 6 heteroatoms. The summed E-state index contributed by atoms with van der Waals surface area (Å²) in [5.41, 5.74) is 3.73. The molecule has 24 heavy (non-hydrogen) atoms. The van der Waals surface area contributed by atoms with Crippen molar-refractivity contribution in [3.8, 4) is 0 Å². The lowest BCUT2D eigenvalue weighted by atomic mass is 10.2. The fourth-order valence-corrected chi connectivity index (χ4v) is 3.06. The average molecular weight is 323 g/mol. The van der Waals surface area contributed by atoms with Crippen LogP contribution in [0.4, 0.5) is 0 Å². The summed E-state index contributed by atoms with van der Waals surface area (Å²) in [6.45, 7) is 3.47. The number of aromatic amines is 1. The van der Waals surface area contributed by atoms with E-state index in [-0.39, 0.29) is 5.91 Å². The van der Waals surface area contributed by atoms with Crippen molar-refractivity contribution in [1.29, 1.82) is 0 Å². The predicted molar refractivity (Wildman–Crippen MR) is 92.0 cm³/mol. The van der Waals surface area contributed by atoms with Crippen LogP contribution >= 0.6 is 0 Å². The first-order valence-electron chi connectivity index (χ1n) is 8.48. The molecule has 2 heterocycles. The smallest absolute Gasteiger partial charge is 0.271 e.